The molecule has 178 valence electrons. The van der Waals surface area contributed by atoms with Crippen molar-refractivity contribution in [2.45, 2.75) is 6.04 Å². The lowest BCUT2D eigenvalue weighted by Crippen LogP contribution is -2.49. The molecule has 1 amide bonds. The predicted molar refractivity (Wildman–Crippen MR) is 130 cm³/mol. The van der Waals surface area contributed by atoms with Crippen molar-refractivity contribution in [3.8, 4) is 17.5 Å². The van der Waals surface area contributed by atoms with E-state index in [0.29, 0.717) is 58.4 Å². The fourth-order valence-electron chi connectivity index (χ4n) is 4.38. The molecule has 5 aromatic rings. The molecule has 0 aliphatic carbocycles. The quantitative estimate of drug-likeness (QED) is 0.371. The van der Waals surface area contributed by atoms with Crippen LogP contribution in [0, 0.1) is 0 Å². The summed E-state index contributed by atoms with van der Waals surface area (Å²) in [5, 5.41) is 16.3. The van der Waals surface area contributed by atoms with Crippen molar-refractivity contribution in [2.75, 3.05) is 26.2 Å². The summed E-state index contributed by atoms with van der Waals surface area (Å²) in [6.07, 6.45) is 3.05. The molecular formula is C24H20ClN5O4S. The molecule has 1 atom stereocenters. The van der Waals surface area contributed by atoms with Gasteiger partial charge in [-0.3, -0.25) is 9.69 Å². The second-order valence-corrected chi connectivity index (χ2v) is 9.54. The normalized spacial score (nSPS) is 15.6. The number of nitrogens with zero attached hydrogens (tertiary/aromatic N) is 5. The summed E-state index contributed by atoms with van der Waals surface area (Å²) >= 11 is 7.98. The third-order valence-corrected chi connectivity index (χ3v) is 7.50. The van der Waals surface area contributed by atoms with Crippen molar-refractivity contribution >= 4 is 33.8 Å². The van der Waals surface area contributed by atoms with E-state index in [4.69, 9.17) is 20.4 Å². The molecule has 1 fully saturated rings. The fraction of sp³-hybridized carbons (Fsp3) is 0.208. The maximum Gasteiger partial charge on any atom is 0.289 e. The number of thiazole rings is 1. The lowest BCUT2D eigenvalue weighted by molar-refractivity contribution is 0.0568. The van der Waals surface area contributed by atoms with Gasteiger partial charge in [0, 0.05) is 31.2 Å². The van der Waals surface area contributed by atoms with Crippen LogP contribution in [0.1, 0.15) is 27.0 Å². The highest BCUT2D eigenvalue weighted by Crippen LogP contribution is 2.42. The maximum atomic E-state index is 12.7. The average Bonchev–Trinajstić information content (AvgIpc) is 3.68. The van der Waals surface area contributed by atoms with E-state index in [9.17, 15) is 9.90 Å². The smallest absolute Gasteiger partial charge is 0.289 e. The van der Waals surface area contributed by atoms with Gasteiger partial charge < -0.3 is 18.8 Å². The second kappa shape index (κ2) is 8.88. The molecule has 0 radical (unpaired) electrons. The van der Waals surface area contributed by atoms with E-state index in [1.54, 1.807) is 35.4 Å². The number of halogens is 1. The molecule has 35 heavy (non-hydrogen) atoms. The summed E-state index contributed by atoms with van der Waals surface area (Å²) in [4.78, 5) is 22.5. The maximum absolute atomic E-state index is 12.7. The van der Waals surface area contributed by atoms with Crippen molar-refractivity contribution in [1.82, 2.24) is 24.4 Å². The molecule has 11 heteroatoms. The van der Waals surface area contributed by atoms with Crippen LogP contribution in [0.3, 0.4) is 0 Å². The number of furan rings is 2. The molecule has 0 saturated carbocycles. The lowest BCUT2D eigenvalue weighted by Gasteiger charge is -2.39. The Labute approximate surface area is 208 Å². The average molecular weight is 510 g/mol. The summed E-state index contributed by atoms with van der Waals surface area (Å²) < 4.78 is 12.1. The summed E-state index contributed by atoms with van der Waals surface area (Å²) in [6.45, 7) is 2.22. The Balaban J connectivity index is 1.33. The molecular weight excluding hydrogens is 490 g/mol. The number of aromatic nitrogens is 3. The zero-order chi connectivity index (χ0) is 23.9. The Morgan fingerprint density at radius 3 is 2.49 bits per heavy atom. The van der Waals surface area contributed by atoms with Gasteiger partial charge in [-0.25, -0.2) is 0 Å². The standard InChI is InChI=1S/C24H20ClN5O4S/c25-16-6-2-1-5-15(16)19(28-9-11-29(12-10-28)22(31)18-8-4-14-34-18)20-23(32)30-24(35-20)26-21(27-30)17-7-3-13-33-17/h1-8,13-14,19,32H,9-12H2. The molecule has 6 rings (SSSR count). The SMILES string of the molecule is O=C(c1ccco1)N1CCN(C(c2ccccc2Cl)c2sc3nc(-c4ccco4)nn3c2O)CC1. The van der Waals surface area contributed by atoms with Gasteiger partial charge in [0.05, 0.1) is 23.4 Å². The van der Waals surface area contributed by atoms with E-state index in [2.05, 4.69) is 15.0 Å². The number of piperazine rings is 1. The van der Waals surface area contributed by atoms with Crippen molar-refractivity contribution in [3.63, 3.8) is 0 Å². The number of hydrogen-bond acceptors (Lipinski definition) is 8. The Bertz CT molecular complexity index is 1470. The molecule has 1 aliphatic rings. The summed E-state index contributed by atoms with van der Waals surface area (Å²) in [5.74, 6) is 1.14. The number of amides is 1. The van der Waals surface area contributed by atoms with Gasteiger partial charge in [0.2, 0.25) is 16.7 Å². The molecule has 1 N–H and O–H groups in total. The molecule has 1 saturated heterocycles. The van der Waals surface area contributed by atoms with Crippen LogP contribution in [0.5, 0.6) is 5.88 Å². The van der Waals surface area contributed by atoms with Crippen LogP contribution in [0.2, 0.25) is 5.02 Å². The monoisotopic (exact) mass is 509 g/mol. The van der Waals surface area contributed by atoms with E-state index in [0.717, 1.165) is 5.56 Å². The van der Waals surface area contributed by atoms with Crippen molar-refractivity contribution in [1.29, 1.82) is 0 Å². The van der Waals surface area contributed by atoms with E-state index in [1.165, 1.54) is 22.1 Å². The van der Waals surface area contributed by atoms with Crippen LogP contribution in [0.4, 0.5) is 0 Å². The number of hydrogen-bond donors (Lipinski definition) is 1. The van der Waals surface area contributed by atoms with Crippen LogP contribution < -0.4 is 0 Å². The minimum absolute atomic E-state index is 0.00863. The van der Waals surface area contributed by atoms with Gasteiger partial charge in [-0.2, -0.15) is 9.50 Å². The first-order valence-corrected chi connectivity index (χ1v) is 12.2. The van der Waals surface area contributed by atoms with E-state index in [1.807, 2.05) is 24.3 Å². The van der Waals surface area contributed by atoms with Crippen molar-refractivity contribution in [3.05, 3.63) is 82.3 Å². The summed E-state index contributed by atoms with van der Waals surface area (Å²) in [7, 11) is 0. The van der Waals surface area contributed by atoms with Crippen molar-refractivity contribution in [2.24, 2.45) is 0 Å². The first-order chi connectivity index (χ1) is 17.1. The first kappa shape index (κ1) is 21.9. The van der Waals surface area contributed by atoms with Gasteiger partial charge in [0.25, 0.3) is 5.91 Å². The minimum Gasteiger partial charge on any atom is -0.492 e. The molecule has 4 aromatic heterocycles. The number of aromatic hydroxyl groups is 1. The largest absolute Gasteiger partial charge is 0.492 e. The van der Waals surface area contributed by atoms with Crippen LogP contribution >= 0.6 is 22.9 Å². The van der Waals surface area contributed by atoms with Crippen molar-refractivity contribution < 1.29 is 18.7 Å². The fourth-order valence-corrected chi connectivity index (χ4v) is 5.73. The van der Waals surface area contributed by atoms with Gasteiger partial charge in [-0.1, -0.05) is 41.1 Å². The highest BCUT2D eigenvalue weighted by Gasteiger charge is 2.34. The number of benzene rings is 1. The minimum atomic E-state index is -0.329. The van der Waals surface area contributed by atoms with Crippen LogP contribution in [0.15, 0.2) is 69.9 Å². The molecule has 9 nitrogen and oxygen atoms in total. The molecule has 1 aliphatic heterocycles. The zero-order valence-corrected chi connectivity index (χ0v) is 19.9. The predicted octanol–water partition coefficient (Wildman–Crippen LogP) is 4.55. The number of carbonyl (C=O) groups is 1. The van der Waals surface area contributed by atoms with Gasteiger partial charge in [-0.15, -0.1) is 5.10 Å². The van der Waals surface area contributed by atoms with Crippen LogP contribution in [-0.4, -0.2) is 61.6 Å². The zero-order valence-electron chi connectivity index (χ0n) is 18.4. The summed E-state index contributed by atoms with van der Waals surface area (Å²) in [6, 6.07) is 14.2. The third kappa shape index (κ3) is 3.89. The number of fused-ring (bicyclic) bond motifs is 1. The van der Waals surface area contributed by atoms with Crippen LogP contribution in [-0.2, 0) is 0 Å². The lowest BCUT2D eigenvalue weighted by atomic mass is 10.0. The Hall–Kier alpha value is -3.60. The van der Waals surface area contributed by atoms with Gasteiger partial charge in [-0.05, 0) is 35.9 Å². The van der Waals surface area contributed by atoms with Gasteiger partial charge in [0.1, 0.15) is 0 Å². The third-order valence-electron chi connectivity index (χ3n) is 6.09. The molecule has 0 bridgehead atoms. The summed E-state index contributed by atoms with van der Waals surface area (Å²) in [5.41, 5.74) is 0.867. The Kier molecular flexibility index (Phi) is 5.56. The van der Waals surface area contributed by atoms with Crippen LogP contribution in [0.25, 0.3) is 16.5 Å². The van der Waals surface area contributed by atoms with E-state index >= 15 is 0 Å². The van der Waals surface area contributed by atoms with E-state index < -0.39 is 0 Å². The van der Waals surface area contributed by atoms with Gasteiger partial charge >= 0.3 is 0 Å². The molecule has 1 aromatic carbocycles. The first-order valence-electron chi connectivity index (χ1n) is 11.0. The highest BCUT2D eigenvalue weighted by atomic mass is 35.5. The van der Waals surface area contributed by atoms with E-state index in [-0.39, 0.29) is 17.8 Å². The topological polar surface area (TPSA) is 100 Å². The Morgan fingerprint density at radius 1 is 1.03 bits per heavy atom. The molecule has 5 heterocycles. The highest BCUT2D eigenvalue weighted by molar-refractivity contribution is 7.17. The van der Waals surface area contributed by atoms with Gasteiger partial charge in [0.15, 0.2) is 11.5 Å². The number of rotatable bonds is 5. The Morgan fingerprint density at radius 2 is 1.80 bits per heavy atom. The molecule has 1 unspecified atom stereocenters. The second-order valence-electron chi connectivity index (χ2n) is 8.13. The molecule has 0 spiro atoms. The number of carbonyl (C=O) groups excluding carboxylic acids is 1.